The summed E-state index contributed by atoms with van der Waals surface area (Å²) in [5, 5.41) is 3.69. The molecule has 1 rings (SSSR count). The summed E-state index contributed by atoms with van der Waals surface area (Å²) in [5.41, 5.74) is 0. The van der Waals surface area contributed by atoms with Gasteiger partial charge in [-0.1, -0.05) is 39.5 Å². The fourth-order valence-corrected chi connectivity index (χ4v) is 2.06. The predicted molar refractivity (Wildman–Crippen MR) is 58.9 cm³/mol. The van der Waals surface area contributed by atoms with Crippen LogP contribution in [0.3, 0.4) is 0 Å². The first-order valence-corrected chi connectivity index (χ1v) is 6.02. The summed E-state index contributed by atoms with van der Waals surface area (Å²) in [4.78, 5) is 0. The smallest absolute Gasteiger partial charge is 0.00670 e. The highest BCUT2D eigenvalue weighted by Crippen LogP contribution is 2.17. The molecule has 0 aromatic carbocycles. The highest BCUT2D eigenvalue weighted by Gasteiger charge is 2.10. The second kappa shape index (κ2) is 6.42. The molecule has 0 amide bonds. The van der Waals surface area contributed by atoms with Crippen LogP contribution >= 0.6 is 0 Å². The van der Waals surface area contributed by atoms with Gasteiger partial charge >= 0.3 is 0 Å². The van der Waals surface area contributed by atoms with Gasteiger partial charge in [0.05, 0.1) is 0 Å². The molecule has 0 aliphatic heterocycles. The first-order valence-electron chi connectivity index (χ1n) is 6.02. The van der Waals surface area contributed by atoms with Crippen molar-refractivity contribution >= 4 is 0 Å². The molecule has 0 unspecified atom stereocenters. The molecule has 1 aliphatic rings. The van der Waals surface area contributed by atoms with Crippen molar-refractivity contribution in [3.05, 3.63) is 0 Å². The maximum Gasteiger partial charge on any atom is 0.00670 e. The van der Waals surface area contributed by atoms with Crippen LogP contribution in [-0.2, 0) is 0 Å². The Morgan fingerprint density at radius 2 is 1.69 bits per heavy atom. The van der Waals surface area contributed by atoms with Crippen molar-refractivity contribution in [1.29, 1.82) is 0 Å². The van der Waals surface area contributed by atoms with Crippen LogP contribution in [-0.4, -0.2) is 12.6 Å². The van der Waals surface area contributed by atoms with E-state index < -0.39 is 0 Å². The van der Waals surface area contributed by atoms with Crippen molar-refractivity contribution in [3.63, 3.8) is 0 Å². The van der Waals surface area contributed by atoms with Gasteiger partial charge < -0.3 is 5.32 Å². The van der Waals surface area contributed by atoms with Gasteiger partial charge in [0.2, 0.25) is 0 Å². The fraction of sp³-hybridized carbons (Fsp3) is 1.00. The third kappa shape index (κ3) is 5.30. The van der Waals surface area contributed by atoms with Crippen molar-refractivity contribution in [2.24, 2.45) is 5.92 Å². The van der Waals surface area contributed by atoms with E-state index in [2.05, 4.69) is 19.2 Å². The van der Waals surface area contributed by atoms with Gasteiger partial charge in [0.15, 0.2) is 0 Å². The Morgan fingerprint density at radius 3 is 2.23 bits per heavy atom. The normalized spacial score (nSPS) is 20.5. The molecule has 1 saturated carbocycles. The molecule has 0 bridgehead atoms. The lowest BCUT2D eigenvalue weighted by molar-refractivity contribution is 0.433. The number of rotatable bonds is 4. The molecule has 0 atom stereocenters. The standard InChI is InChI=1S/C12H25N/c1-11(2)9-10-13-12-7-5-3-4-6-8-12/h11-13H,3-10H2,1-2H3. The van der Waals surface area contributed by atoms with Crippen molar-refractivity contribution in [2.75, 3.05) is 6.54 Å². The molecule has 0 spiro atoms. The summed E-state index contributed by atoms with van der Waals surface area (Å²) in [7, 11) is 0. The quantitative estimate of drug-likeness (QED) is 0.659. The van der Waals surface area contributed by atoms with E-state index >= 15 is 0 Å². The average molecular weight is 183 g/mol. The minimum absolute atomic E-state index is 0.834. The molecular weight excluding hydrogens is 158 g/mol. The Labute approximate surface area is 83.3 Å². The average Bonchev–Trinajstić information content (AvgIpc) is 2.32. The SMILES string of the molecule is CC(C)CCNC1CCCCCC1. The van der Waals surface area contributed by atoms with Crippen LogP contribution in [0.4, 0.5) is 0 Å². The fourth-order valence-electron chi connectivity index (χ4n) is 2.06. The molecule has 0 heterocycles. The molecule has 0 aromatic rings. The zero-order valence-corrected chi connectivity index (χ0v) is 9.31. The van der Waals surface area contributed by atoms with Gasteiger partial charge in [0, 0.05) is 6.04 Å². The van der Waals surface area contributed by atoms with E-state index in [4.69, 9.17) is 0 Å². The number of hydrogen-bond donors (Lipinski definition) is 1. The van der Waals surface area contributed by atoms with Crippen molar-refractivity contribution in [1.82, 2.24) is 5.32 Å². The van der Waals surface area contributed by atoms with Crippen LogP contribution in [0.5, 0.6) is 0 Å². The Hall–Kier alpha value is -0.0400. The molecule has 1 aliphatic carbocycles. The summed E-state index contributed by atoms with van der Waals surface area (Å²) in [6, 6.07) is 0.834. The maximum absolute atomic E-state index is 3.69. The molecule has 0 radical (unpaired) electrons. The molecular formula is C12H25N. The summed E-state index contributed by atoms with van der Waals surface area (Å²) in [6.07, 6.45) is 9.97. The predicted octanol–water partition coefficient (Wildman–Crippen LogP) is 3.34. The zero-order chi connectivity index (χ0) is 9.52. The lowest BCUT2D eigenvalue weighted by Crippen LogP contribution is -2.29. The molecule has 0 aromatic heterocycles. The lowest BCUT2D eigenvalue weighted by Gasteiger charge is -2.16. The van der Waals surface area contributed by atoms with E-state index in [1.807, 2.05) is 0 Å². The molecule has 0 saturated heterocycles. The number of nitrogens with one attached hydrogen (secondary N) is 1. The molecule has 78 valence electrons. The Morgan fingerprint density at radius 1 is 1.08 bits per heavy atom. The van der Waals surface area contributed by atoms with Crippen molar-refractivity contribution < 1.29 is 0 Å². The van der Waals surface area contributed by atoms with E-state index in [1.54, 1.807) is 0 Å². The van der Waals surface area contributed by atoms with Crippen molar-refractivity contribution in [3.8, 4) is 0 Å². The van der Waals surface area contributed by atoms with E-state index in [9.17, 15) is 0 Å². The highest BCUT2D eigenvalue weighted by molar-refractivity contribution is 4.70. The minimum Gasteiger partial charge on any atom is -0.314 e. The summed E-state index contributed by atoms with van der Waals surface area (Å²) < 4.78 is 0. The van der Waals surface area contributed by atoms with Gasteiger partial charge in [-0.05, 0) is 31.7 Å². The van der Waals surface area contributed by atoms with Gasteiger partial charge in [-0.3, -0.25) is 0 Å². The summed E-state index contributed by atoms with van der Waals surface area (Å²) in [5.74, 6) is 0.846. The maximum atomic E-state index is 3.69. The Bertz CT molecular complexity index is 112. The Balaban J connectivity index is 2.05. The first-order chi connectivity index (χ1) is 6.29. The molecule has 1 N–H and O–H groups in total. The lowest BCUT2D eigenvalue weighted by atomic mass is 10.1. The molecule has 1 heteroatoms. The van der Waals surface area contributed by atoms with E-state index in [0.717, 1.165) is 12.0 Å². The van der Waals surface area contributed by atoms with Crippen LogP contribution in [0.25, 0.3) is 0 Å². The van der Waals surface area contributed by atoms with Gasteiger partial charge in [0.1, 0.15) is 0 Å². The third-order valence-electron chi connectivity index (χ3n) is 3.01. The van der Waals surface area contributed by atoms with Gasteiger partial charge in [-0.15, -0.1) is 0 Å². The third-order valence-corrected chi connectivity index (χ3v) is 3.01. The summed E-state index contributed by atoms with van der Waals surface area (Å²) >= 11 is 0. The minimum atomic E-state index is 0.834. The van der Waals surface area contributed by atoms with Crippen LogP contribution in [0.15, 0.2) is 0 Å². The van der Waals surface area contributed by atoms with Crippen LogP contribution in [0.2, 0.25) is 0 Å². The molecule has 1 fully saturated rings. The largest absolute Gasteiger partial charge is 0.314 e. The van der Waals surface area contributed by atoms with E-state index in [1.165, 1.54) is 51.5 Å². The van der Waals surface area contributed by atoms with Crippen LogP contribution in [0, 0.1) is 5.92 Å². The second-order valence-corrected chi connectivity index (χ2v) is 4.83. The highest BCUT2D eigenvalue weighted by atomic mass is 14.9. The van der Waals surface area contributed by atoms with Crippen molar-refractivity contribution in [2.45, 2.75) is 64.8 Å². The van der Waals surface area contributed by atoms with Crippen LogP contribution < -0.4 is 5.32 Å². The number of hydrogen-bond acceptors (Lipinski definition) is 1. The second-order valence-electron chi connectivity index (χ2n) is 4.83. The summed E-state index contributed by atoms with van der Waals surface area (Å²) in [6.45, 7) is 5.83. The zero-order valence-electron chi connectivity index (χ0n) is 9.31. The van der Waals surface area contributed by atoms with Crippen LogP contribution in [0.1, 0.15) is 58.8 Å². The molecule has 13 heavy (non-hydrogen) atoms. The Kier molecular flexibility index (Phi) is 5.45. The van der Waals surface area contributed by atoms with Gasteiger partial charge in [-0.2, -0.15) is 0 Å². The first kappa shape index (κ1) is 11.0. The van der Waals surface area contributed by atoms with E-state index in [-0.39, 0.29) is 0 Å². The van der Waals surface area contributed by atoms with Gasteiger partial charge in [0.25, 0.3) is 0 Å². The van der Waals surface area contributed by atoms with Gasteiger partial charge in [-0.25, -0.2) is 0 Å². The topological polar surface area (TPSA) is 12.0 Å². The monoisotopic (exact) mass is 183 g/mol. The van der Waals surface area contributed by atoms with E-state index in [0.29, 0.717) is 0 Å². The molecule has 1 nitrogen and oxygen atoms in total.